The monoisotopic (exact) mass is 456 g/mol. The van der Waals surface area contributed by atoms with Crippen LogP contribution in [0, 0.1) is 0 Å². The molecular weight excluding hydrogens is 443 g/mol. The number of methoxy groups -OCH3 is 1. The molecule has 3 rings (SSSR count). The molecule has 0 radical (unpaired) electrons. The zero-order valence-corrected chi connectivity index (χ0v) is 16.8. The van der Waals surface area contributed by atoms with Crippen LogP contribution in [-0.2, 0) is 13.2 Å². The first kappa shape index (κ1) is 18.8. The number of halogens is 3. The van der Waals surface area contributed by atoms with Gasteiger partial charge in [-0.1, -0.05) is 45.2 Å². The maximum atomic E-state index is 6.19. The second-order valence-electron chi connectivity index (χ2n) is 5.32. The Morgan fingerprint density at radius 2 is 1.85 bits per heavy atom. The van der Waals surface area contributed by atoms with Gasteiger partial charge in [0.05, 0.1) is 13.7 Å². The van der Waals surface area contributed by atoms with Crippen molar-refractivity contribution in [3.05, 3.63) is 68.6 Å². The zero-order chi connectivity index (χ0) is 18.5. The Hall–Kier alpha value is -1.96. The molecule has 1 aromatic heterocycles. The summed E-state index contributed by atoms with van der Waals surface area (Å²) in [5.41, 5.74) is 4.99. The lowest BCUT2D eigenvalue weighted by Crippen LogP contribution is -2.12. The minimum Gasteiger partial charge on any atom is -0.493 e. The molecule has 0 fully saturated rings. The molecule has 1 heterocycles. The molecule has 3 aromatic rings. The molecule has 0 saturated carbocycles. The number of rotatable bonds is 7. The molecular formula is C17H15BrCl2N4O2. The zero-order valence-electron chi connectivity index (χ0n) is 13.7. The van der Waals surface area contributed by atoms with Crippen LogP contribution in [0.5, 0.6) is 11.5 Å². The molecule has 9 heteroatoms. The van der Waals surface area contributed by atoms with Gasteiger partial charge in [0.2, 0.25) is 0 Å². The topological polar surface area (TPSA) is 61.2 Å². The predicted octanol–water partition coefficient (Wildman–Crippen LogP) is 4.68. The predicted molar refractivity (Wildman–Crippen MR) is 105 cm³/mol. The second kappa shape index (κ2) is 8.62. The molecule has 0 aliphatic rings. The third-order valence-electron chi connectivity index (χ3n) is 3.60. The lowest BCUT2D eigenvalue weighted by atomic mass is 10.2. The van der Waals surface area contributed by atoms with Crippen LogP contribution in [0.3, 0.4) is 0 Å². The molecule has 0 unspecified atom stereocenters. The summed E-state index contributed by atoms with van der Waals surface area (Å²) in [6.45, 7) is 0.857. The summed E-state index contributed by atoms with van der Waals surface area (Å²) < 4.78 is 13.9. The van der Waals surface area contributed by atoms with Crippen LogP contribution >= 0.6 is 39.1 Å². The molecule has 0 bridgehead atoms. The maximum absolute atomic E-state index is 6.19. The van der Waals surface area contributed by atoms with Gasteiger partial charge >= 0.3 is 0 Å². The molecule has 0 saturated heterocycles. The van der Waals surface area contributed by atoms with Crippen LogP contribution in [0.25, 0.3) is 0 Å². The quantitative estimate of drug-likeness (QED) is 0.558. The normalized spacial score (nSPS) is 10.6. The van der Waals surface area contributed by atoms with E-state index in [1.807, 2.05) is 18.2 Å². The van der Waals surface area contributed by atoms with Gasteiger partial charge in [0.1, 0.15) is 19.3 Å². The van der Waals surface area contributed by atoms with Gasteiger partial charge in [-0.3, -0.25) is 0 Å². The van der Waals surface area contributed by atoms with Gasteiger partial charge in [0, 0.05) is 20.1 Å². The van der Waals surface area contributed by atoms with Crippen molar-refractivity contribution in [3.8, 4) is 11.5 Å². The van der Waals surface area contributed by atoms with Crippen molar-refractivity contribution in [3.63, 3.8) is 0 Å². The highest BCUT2D eigenvalue weighted by Gasteiger charge is 2.12. The summed E-state index contributed by atoms with van der Waals surface area (Å²) in [6, 6.07) is 9.07. The van der Waals surface area contributed by atoms with Crippen LogP contribution in [0.1, 0.15) is 11.1 Å². The highest BCUT2D eigenvalue weighted by molar-refractivity contribution is 9.10. The molecule has 136 valence electrons. The van der Waals surface area contributed by atoms with Crippen molar-refractivity contribution in [2.45, 2.75) is 13.2 Å². The first-order chi connectivity index (χ1) is 12.6. The Kier molecular flexibility index (Phi) is 6.24. The van der Waals surface area contributed by atoms with Gasteiger partial charge in [-0.25, -0.2) is 4.68 Å². The van der Waals surface area contributed by atoms with Gasteiger partial charge in [0.25, 0.3) is 0 Å². The highest BCUT2D eigenvalue weighted by atomic mass is 79.9. The third kappa shape index (κ3) is 4.60. The summed E-state index contributed by atoms with van der Waals surface area (Å²) in [7, 11) is 1.60. The number of ether oxygens (including phenoxy) is 2. The molecule has 2 aromatic carbocycles. The van der Waals surface area contributed by atoms with Crippen LogP contribution < -0.4 is 14.9 Å². The van der Waals surface area contributed by atoms with Crippen molar-refractivity contribution < 1.29 is 9.47 Å². The number of aromatic nitrogens is 3. The minimum absolute atomic E-state index is 0.303. The summed E-state index contributed by atoms with van der Waals surface area (Å²) >= 11 is 15.7. The van der Waals surface area contributed by atoms with E-state index in [0.29, 0.717) is 34.7 Å². The Labute approximate surface area is 169 Å². The van der Waals surface area contributed by atoms with Crippen LogP contribution in [0.2, 0.25) is 10.0 Å². The second-order valence-corrected chi connectivity index (χ2v) is 7.02. The van der Waals surface area contributed by atoms with E-state index in [4.69, 9.17) is 32.7 Å². The molecule has 0 aliphatic carbocycles. The molecule has 0 aliphatic heterocycles. The standard InChI is InChI=1S/C17H15BrCl2N4O2/c1-25-16-4-12(7-23-24-9-21-22-10-24)14(18)6-17(16)26-8-11-2-3-13(19)5-15(11)20/h2-6,9-10,23H,7-8H2,1H3. The Balaban J connectivity index is 1.73. The molecule has 6 nitrogen and oxygen atoms in total. The van der Waals surface area contributed by atoms with Crippen molar-refractivity contribution in [1.29, 1.82) is 0 Å². The van der Waals surface area contributed by atoms with Crippen molar-refractivity contribution in [1.82, 2.24) is 14.9 Å². The summed E-state index contributed by atoms with van der Waals surface area (Å²) in [6.07, 6.45) is 3.16. The largest absolute Gasteiger partial charge is 0.493 e. The molecule has 0 spiro atoms. The lowest BCUT2D eigenvalue weighted by Gasteiger charge is -2.15. The number of benzene rings is 2. The van der Waals surface area contributed by atoms with E-state index in [9.17, 15) is 0 Å². The summed E-state index contributed by atoms with van der Waals surface area (Å²) in [5.74, 6) is 1.23. The minimum atomic E-state index is 0.303. The highest BCUT2D eigenvalue weighted by Crippen LogP contribution is 2.34. The molecule has 0 amide bonds. The molecule has 0 atom stereocenters. The van der Waals surface area contributed by atoms with Gasteiger partial charge in [-0.2, -0.15) is 0 Å². The van der Waals surface area contributed by atoms with Gasteiger partial charge in [-0.05, 0) is 29.8 Å². The maximum Gasteiger partial charge on any atom is 0.162 e. The lowest BCUT2D eigenvalue weighted by molar-refractivity contribution is 0.284. The Bertz CT molecular complexity index is 891. The van der Waals surface area contributed by atoms with Crippen molar-refractivity contribution in [2.75, 3.05) is 12.5 Å². The molecule has 26 heavy (non-hydrogen) atoms. The number of nitrogens with one attached hydrogen (secondary N) is 1. The first-order valence-electron chi connectivity index (χ1n) is 7.58. The van der Waals surface area contributed by atoms with Crippen LogP contribution in [0.15, 0.2) is 47.5 Å². The Morgan fingerprint density at radius 3 is 2.54 bits per heavy atom. The average molecular weight is 458 g/mol. The van der Waals surface area contributed by atoms with Crippen LogP contribution in [-0.4, -0.2) is 22.0 Å². The number of nitrogens with zero attached hydrogens (tertiary/aromatic N) is 3. The van der Waals surface area contributed by atoms with Crippen LogP contribution in [0.4, 0.5) is 0 Å². The SMILES string of the molecule is COc1cc(CNn2cnnc2)c(Br)cc1OCc1ccc(Cl)cc1Cl. The smallest absolute Gasteiger partial charge is 0.162 e. The van der Waals surface area contributed by atoms with E-state index in [1.54, 1.807) is 36.6 Å². The summed E-state index contributed by atoms with van der Waals surface area (Å²) in [4.78, 5) is 0. The van der Waals surface area contributed by atoms with E-state index >= 15 is 0 Å². The first-order valence-corrected chi connectivity index (χ1v) is 9.13. The van der Waals surface area contributed by atoms with E-state index < -0.39 is 0 Å². The molecule has 1 N–H and O–H groups in total. The third-order valence-corrected chi connectivity index (χ3v) is 4.93. The van der Waals surface area contributed by atoms with Gasteiger partial charge in [0.15, 0.2) is 11.5 Å². The van der Waals surface area contributed by atoms with E-state index in [-0.39, 0.29) is 0 Å². The number of hydrogen-bond acceptors (Lipinski definition) is 5. The Morgan fingerprint density at radius 1 is 1.08 bits per heavy atom. The summed E-state index contributed by atoms with van der Waals surface area (Å²) in [5, 5.41) is 8.64. The van der Waals surface area contributed by atoms with Crippen molar-refractivity contribution in [2.24, 2.45) is 0 Å². The van der Waals surface area contributed by atoms with Gasteiger partial charge in [-0.15, -0.1) is 10.2 Å². The average Bonchev–Trinajstić information content (AvgIpc) is 3.13. The fourth-order valence-corrected chi connectivity index (χ4v) is 3.16. The fourth-order valence-electron chi connectivity index (χ4n) is 2.24. The van der Waals surface area contributed by atoms with E-state index in [2.05, 4.69) is 31.6 Å². The van der Waals surface area contributed by atoms with E-state index in [0.717, 1.165) is 15.6 Å². The van der Waals surface area contributed by atoms with Crippen molar-refractivity contribution >= 4 is 39.1 Å². The number of hydrogen-bond donors (Lipinski definition) is 1. The van der Waals surface area contributed by atoms with E-state index in [1.165, 1.54) is 0 Å². The fraction of sp³-hybridized carbons (Fsp3) is 0.176. The van der Waals surface area contributed by atoms with Gasteiger partial charge < -0.3 is 14.9 Å².